The van der Waals surface area contributed by atoms with Crippen molar-refractivity contribution >= 4 is 33.6 Å². The summed E-state index contributed by atoms with van der Waals surface area (Å²) in [4.78, 5) is 15.2. The molecule has 0 fully saturated rings. The fourth-order valence-corrected chi connectivity index (χ4v) is 3.46. The lowest BCUT2D eigenvalue weighted by Crippen LogP contribution is -2.32. The zero-order valence-corrected chi connectivity index (χ0v) is 15.2. The molecule has 0 radical (unpaired) electrons. The smallest absolute Gasteiger partial charge is 0.233 e. The van der Waals surface area contributed by atoms with Crippen molar-refractivity contribution < 1.29 is 9.21 Å². The minimum atomic E-state index is 0.00367. The summed E-state index contributed by atoms with van der Waals surface area (Å²) < 4.78 is 6.33. The first-order valence-electron chi connectivity index (χ1n) is 7.16. The van der Waals surface area contributed by atoms with Gasteiger partial charge in [-0.25, -0.2) is 0 Å². The fourth-order valence-electron chi connectivity index (χ4n) is 2.07. The number of hydrogen-bond acceptors (Lipinski definition) is 4. The summed E-state index contributed by atoms with van der Waals surface area (Å²) >= 11 is 4.95. The maximum absolute atomic E-state index is 12.5. The maximum Gasteiger partial charge on any atom is 0.233 e. The van der Waals surface area contributed by atoms with Crippen LogP contribution in [0.1, 0.15) is 17.7 Å². The van der Waals surface area contributed by atoms with E-state index in [0.29, 0.717) is 25.3 Å². The summed E-state index contributed by atoms with van der Waals surface area (Å²) in [5.41, 5.74) is 1.13. The number of halogens is 1. The van der Waals surface area contributed by atoms with Gasteiger partial charge in [-0.2, -0.15) is 5.26 Å². The number of aryl methyl sites for hydroxylation is 1. The molecule has 0 spiro atoms. The lowest BCUT2D eigenvalue weighted by Gasteiger charge is -2.20. The van der Waals surface area contributed by atoms with Gasteiger partial charge in [0.15, 0.2) is 0 Å². The van der Waals surface area contributed by atoms with Gasteiger partial charge in [-0.15, -0.1) is 11.8 Å². The van der Waals surface area contributed by atoms with E-state index in [1.54, 1.807) is 17.2 Å². The Morgan fingerprint density at radius 1 is 1.43 bits per heavy atom. The van der Waals surface area contributed by atoms with Gasteiger partial charge in [0.25, 0.3) is 0 Å². The molecule has 1 aromatic heterocycles. The van der Waals surface area contributed by atoms with E-state index in [9.17, 15) is 4.79 Å². The van der Waals surface area contributed by atoms with Crippen LogP contribution >= 0.6 is 27.7 Å². The normalized spacial score (nSPS) is 10.3. The lowest BCUT2D eigenvalue weighted by molar-refractivity contribution is -0.129. The second-order valence-electron chi connectivity index (χ2n) is 5.00. The quantitative estimate of drug-likeness (QED) is 0.655. The van der Waals surface area contributed by atoms with Crippen molar-refractivity contribution in [2.45, 2.75) is 24.8 Å². The molecule has 6 heteroatoms. The van der Waals surface area contributed by atoms with Crippen LogP contribution in [0.25, 0.3) is 0 Å². The standard InChI is InChI=1S/C17H17BrN2O2S/c1-13-10-14(18)5-6-16(13)23-12-17(21)20(8-3-7-19)11-15-4-2-9-22-15/h2,4-6,9-10H,3,8,11-12H2,1H3. The minimum Gasteiger partial charge on any atom is -0.467 e. The molecule has 1 heterocycles. The Balaban J connectivity index is 1.97. The zero-order valence-electron chi connectivity index (χ0n) is 12.8. The lowest BCUT2D eigenvalue weighted by atomic mass is 10.2. The van der Waals surface area contributed by atoms with Gasteiger partial charge >= 0.3 is 0 Å². The summed E-state index contributed by atoms with van der Waals surface area (Å²) in [6.07, 6.45) is 1.90. The van der Waals surface area contributed by atoms with Gasteiger partial charge in [0.2, 0.25) is 5.91 Å². The highest BCUT2D eigenvalue weighted by Gasteiger charge is 2.16. The number of benzene rings is 1. The number of nitriles is 1. The van der Waals surface area contributed by atoms with Gasteiger partial charge in [0.05, 0.1) is 31.1 Å². The molecule has 2 aromatic rings. The molecular weight excluding hydrogens is 376 g/mol. The first kappa shape index (κ1) is 17.6. The third kappa shape index (κ3) is 5.45. The second-order valence-corrected chi connectivity index (χ2v) is 6.93. The average molecular weight is 393 g/mol. The summed E-state index contributed by atoms with van der Waals surface area (Å²) in [5, 5.41) is 8.77. The molecule has 4 nitrogen and oxygen atoms in total. The second kappa shape index (κ2) is 8.80. The Hall–Kier alpha value is -1.71. The van der Waals surface area contributed by atoms with Crippen LogP contribution in [0.4, 0.5) is 0 Å². The van der Waals surface area contributed by atoms with Crippen LogP contribution in [-0.4, -0.2) is 23.1 Å². The maximum atomic E-state index is 12.5. The Bertz CT molecular complexity index is 695. The number of rotatable bonds is 7. The van der Waals surface area contributed by atoms with Crippen molar-refractivity contribution in [2.24, 2.45) is 0 Å². The monoisotopic (exact) mass is 392 g/mol. The molecular formula is C17H17BrN2O2S. The molecule has 0 aliphatic carbocycles. The van der Waals surface area contributed by atoms with E-state index in [2.05, 4.69) is 22.0 Å². The van der Waals surface area contributed by atoms with Gasteiger partial charge < -0.3 is 9.32 Å². The summed E-state index contributed by atoms with van der Waals surface area (Å²) in [6.45, 7) is 2.83. The van der Waals surface area contributed by atoms with E-state index in [1.165, 1.54) is 11.8 Å². The average Bonchev–Trinajstić information content (AvgIpc) is 3.03. The number of nitrogens with zero attached hydrogens (tertiary/aromatic N) is 2. The number of hydrogen-bond donors (Lipinski definition) is 0. The molecule has 23 heavy (non-hydrogen) atoms. The van der Waals surface area contributed by atoms with Crippen molar-refractivity contribution in [2.75, 3.05) is 12.3 Å². The largest absolute Gasteiger partial charge is 0.467 e. The van der Waals surface area contributed by atoms with Crippen molar-refractivity contribution in [1.82, 2.24) is 4.90 Å². The Kier molecular flexibility index (Phi) is 6.75. The minimum absolute atomic E-state index is 0.00367. The van der Waals surface area contributed by atoms with Gasteiger partial charge in [-0.05, 0) is 42.8 Å². The summed E-state index contributed by atoms with van der Waals surface area (Å²) in [6, 6.07) is 11.7. The van der Waals surface area contributed by atoms with E-state index in [-0.39, 0.29) is 5.91 Å². The van der Waals surface area contributed by atoms with Crippen LogP contribution < -0.4 is 0 Å². The van der Waals surface area contributed by atoms with Crippen molar-refractivity contribution in [1.29, 1.82) is 5.26 Å². The van der Waals surface area contributed by atoms with Crippen LogP contribution in [0.2, 0.25) is 0 Å². The zero-order chi connectivity index (χ0) is 16.7. The SMILES string of the molecule is Cc1cc(Br)ccc1SCC(=O)N(CCC#N)Cc1ccco1. The first-order valence-corrected chi connectivity index (χ1v) is 8.94. The summed E-state index contributed by atoms with van der Waals surface area (Å²) in [7, 11) is 0. The molecule has 0 saturated carbocycles. The number of amides is 1. The Morgan fingerprint density at radius 2 is 2.26 bits per heavy atom. The third-order valence-corrected chi connectivity index (χ3v) is 4.91. The molecule has 0 atom stereocenters. The van der Waals surface area contributed by atoms with Gasteiger partial charge in [-0.1, -0.05) is 15.9 Å². The van der Waals surface area contributed by atoms with E-state index < -0.39 is 0 Å². The van der Waals surface area contributed by atoms with E-state index in [1.807, 2.05) is 31.2 Å². The van der Waals surface area contributed by atoms with E-state index in [4.69, 9.17) is 9.68 Å². The van der Waals surface area contributed by atoms with Crippen LogP contribution in [0, 0.1) is 18.3 Å². The van der Waals surface area contributed by atoms with Gasteiger partial charge in [-0.3, -0.25) is 4.79 Å². The fraction of sp³-hybridized carbons (Fsp3) is 0.294. The number of carbonyl (C=O) groups excluding carboxylic acids is 1. The number of carbonyl (C=O) groups is 1. The Labute approximate surface area is 148 Å². The number of thioether (sulfide) groups is 1. The molecule has 1 aromatic carbocycles. The molecule has 1 amide bonds. The Morgan fingerprint density at radius 3 is 2.91 bits per heavy atom. The molecule has 0 bridgehead atoms. The van der Waals surface area contributed by atoms with E-state index >= 15 is 0 Å². The molecule has 0 saturated heterocycles. The van der Waals surface area contributed by atoms with Crippen molar-refractivity contribution in [3.63, 3.8) is 0 Å². The van der Waals surface area contributed by atoms with Crippen LogP contribution in [0.5, 0.6) is 0 Å². The predicted octanol–water partition coefficient (Wildman–Crippen LogP) is 4.39. The van der Waals surface area contributed by atoms with Crippen molar-refractivity contribution in [3.05, 3.63) is 52.4 Å². The number of furan rings is 1. The van der Waals surface area contributed by atoms with Gasteiger partial charge in [0.1, 0.15) is 5.76 Å². The predicted molar refractivity (Wildman–Crippen MR) is 94.0 cm³/mol. The highest BCUT2D eigenvalue weighted by molar-refractivity contribution is 9.10. The summed E-state index contributed by atoms with van der Waals surface area (Å²) in [5.74, 6) is 1.07. The highest BCUT2D eigenvalue weighted by atomic mass is 79.9. The first-order chi connectivity index (χ1) is 11.1. The molecule has 0 N–H and O–H groups in total. The highest BCUT2D eigenvalue weighted by Crippen LogP contribution is 2.25. The topological polar surface area (TPSA) is 57.2 Å². The van der Waals surface area contributed by atoms with Gasteiger partial charge in [0, 0.05) is 15.9 Å². The van der Waals surface area contributed by atoms with Crippen molar-refractivity contribution in [3.8, 4) is 6.07 Å². The van der Waals surface area contributed by atoms with E-state index in [0.717, 1.165) is 20.7 Å². The molecule has 0 unspecified atom stereocenters. The van der Waals surface area contributed by atoms with Crippen LogP contribution in [-0.2, 0) is 11.3 Å². The third-order valence-electron chi connectivity index (χ3n) is 3.26. The van der Waals surface area contributed by atoms with Crippen LogP contribution in [0.15, 0.2) is 50.4 Å². The molecule has 2 rings (SSSR count). The van der Waals surface area contributed by atoms with Crippen LogP contribution in [0.3, 0.4) is 0 Å². The molecule has 120 valence electrons. The molecule has 0 aliphatic rings. The molecule has 0 aliphatic heterocycles.